The van der Waals surface area contributed by atoms with Crippen LogP contribution in [0.5, 0.6) is 11.5 Å². The van der Waals surface area contributed by atoms with Crippen LogP contribution in [0.15, 0.2) is 60.7 Å². The van der Waals surface area contributed by atoms with Crippen molar-refractivity contribution < 1.29 is 55.3 Å². The molecule has 2 heterocycles. The maximum absolute atomic E-state index is 14.1. The lowest BCUT2D eigenvalue weighted by molar-refractivity contribution is 0.0734. The molecule has 2 aliphatic heterocycles. The number of aliphatic hydroxyl groups is 1. The highest BCUT2D eigenvalue weighted by molar-refractivity contribution is 5.99. The van der Waals surface area contributed by atoms with Gasteiger partial charge >= 0.3 is 6.03 Å². The number of urea groups is 1. The zero-order valence-electron chi connectivity index (χ0n) is 35.8. The fraction of sp³-hybridized carbons (Fsp3) is 0.438. The molecule has 0 saturated carbocycles. The number of aliphatic hydroxyl groups excluding tert-OH is 1. The molecule has 2 saturated heterocycles. The quantitative estimate of drug-likeness (QED) is 0.124. The number of carbonyl (C=O) groups excluding carboxylic acids is 3. The fourth-order valence-corrected chi connectivity index (χ4v) is 8.88. The Morgan fingerprint density at radius 3 is 1.72 bits per heavy atom. The monoisotopic (exact) mass is 896 g/mol. The van der Waals surface area contributed by atoms with Gasteiger partial charge in [0.15, 0.2) is 34.7 Å². The zero-order chi connectivity index (χ0) is 46.0. The van der Waals surface area contributed by atoms with Gasteiger partial charge < -0.3 is 35.8 Å². The zero-order valence-corrected chi connectivity index (χ0v) is 35.8. The van der Waals surface area contributed by atoms with Crippen molar-refractivity contribution in [3.8, 4) is 11.5 Å². The molecule has 344 valence electrons. The second-order valence-electron chi connectivity index (χ2n) is 16.9. The van der Waals surface area contributed by atoms with Crippen molar-refractivity contribution in [1.82, 2.24) is 15.5 Å². The van der Waals surface area contributed by atoms with E-state index in [2.05, 4.69) is 10.6 Å². The molecule has 0 aromatic heterocycles. The Balaban J connectivity index is 0.000000182. The van der Waals surface area contributed by atoms with Crippen molar-refractivity contribution in [2.75, 3.05) is 46.0 Å². The van der Waals surface area contributed by atoms with E-state index in [0.717, 1.165) is 56.0 Å². The molecule has 64 heavy (non-hydrogen) atoms. The standard InChI is InChI=1S/C24H25F3N2O4.C14H16FNO.C10H13F2NO/c25-17-2-1-15-12-24(13-21(31)18(15)10-17)3-5-29(6-4-24)23(32)28-14-16-9-22(33-8-7-30)20(27)11-19(16)26;15-11-2-1-10-8-14(3-5-16-6-4-14)9-13(17)12(10)7-11;1-2-3-14-10-4-7(6-13)8(11)5-9(10)12/h1-2,9-11,30H,3-8,12-14H2,(H,28,32);1-2,7,16H,3-6,8-9H2;4-5H,2-3,6,13H2,1H3. The highest BCUT2D eigenvalue weighted by Crippen LogP contribution is 2.44. The third kappa shape index (κ3) is 11.8. The number of piperidine rings is 2. The van der Waals surface area contributed by atoms with Crippen LogP contribution in [0.3, 0.4) is 0 Å². The second-order valence-corrected chi connectivity index (χ2v) is 16.9. The first-order chi connectivity index (χ1) is 30.7. The van der Waals surface area contributed by atoms with Crippen molar-refractivity contribution in [1.29, 1.82) is 0 Å². The van der Waals surface area contributed by atoms with Crippen LogP contribution in [-0.4, -0.2) is 73.6 Å². The van der Waals surface area contributed by atoms with Crippen LogP contribution in [-0.2, 0) is 25.9 Å². The number of hydrogen-bond donors (Lipinski definition) is 4. The number of Topliss-reactive ketones (excluding diaryl/α,β-unsaturated/α-hetero) is 2. The molecule has 2 aliphatic carbocycles. The number of nitrogens with zero attached hydrogens (tertiary/aromatic N) is 1. The fourth-order valence-electron chi connectivity index (χ4n) is 8.88. The van der Waals surface area contributed by atoms with E-state index in [1.54, 1.807) is 17.0 Å². The van der Waals surface area contributed by atoms with E-state index >= 15 is 0 Å². The average molecular weight is 897 g/mol. The summed E-state index contributed by atoms with van der Waals surface area (Å²) in [6.45, 7) is 4.61. The van der Waals surface area contributed by atoms with Gasteiger partial charge in [-0.05, 0) is 116 Å². The molecule has 0 atom stereocenters. The second kappa shape index (κ2) is 21.5. The number of hydrogen-bond acceptors (Lipinski definition) is 8. The third-order valence-electron chi connectivity index (χ3n) is 12.4. The number of amides is 2. The molecular formula is C48H54F6N4O6. The van der Waals surface area contributed by atoms with Gasteiger partial charge in [-0.15, -0.1) is 0 Å². The molecule has 8 rings (SSSR count). The lowest BCUT2D eigenvalue weighted by Crippen LogP contribution is -2.49. The topological polar surface area (TPSA) is 143 Å². The summed E-state index contributed by atoms with van der Waals surface area (Å²) in [7, 11) is 0. The smallest absolute Gasteiger partial charge is 0.317 e. The van der Waals surface area contributed by atoms with Gasteiger partial charge in [-0.2, -0.15) is 0 Å². The first-order valence-electron chi connectivity index (χ1n) is 21.6. The molecule has 2 amide bonds. The summed E-state index contributed by atoms with van der Waals surface area (Å²) < 4.78 is 90.7. The summed E-state index contributed by atoms with van der Waals surface area (Å²) >= 11 is 0. The largest absolute Gasteiger partial charge is 0.491 e. The van der Waals surface area contributed by atoms with Crippen LogP contribution in [0.25, 0.3) is 0 Å². The van der Waals surface area contributed by atoms with E-state index < -0.39 is 29.1 Å². The van der Waals surface area contributed by atoms with E-state index in [4.69, 9.17) is 20.3 Å². The Kier molecular flexibility index (Phi) is 16.1. The molecule has 0 radical (unpaired) electrons. The Morgan fingerprint density at radius 1 is 0.703 bits per heavy atom. The van der Waals surface area contributed by atoms with Crippen LogP contribution < -0.4 is 25.8 Å². The average Bonchev–Trinajstić information content (AvgIpc) is 3.27. The molecule has 0 bridgehead atoms. The Morgan fingerprint density at radius 2 is 1.20 bits per heavy atom. The minimum absolute atomic E-state index is 0.0363. The number of halogens is 6. The summed E-state index contributed by atoms with van der Waals surface area (Å²) in [6.07, 6.45) is 6.65. The van der Waals surface area contributed by atoms with Crippen LogP contribution >= 0.6 is 0 Å². The van der Waals surface area contributed by atoms with Gasteiger partial charge in [-0.3, -0.25) is 9.59 Å². The molecular weight excluding hydrogens is 843 g/mol. The van der Waals surface area contributed by atoms with Gasteiger partial charge in [-0.25, -0.2) is 31.1 Å². The van der Waals surface area contributed by atoms with Crippen molar-refractivity contribution >= 4 is 17.6 Å². The number of nitrogens with two attached hydrogens (primary N) is 1. The number of ketones is 2. The number of likely N-dealkylation sites (tertiary alicyclic amines) is 1. The third-order valence-corrected chi connectivity index (χ3v) is 12.4. The van der Waals surface area contributed by atoms with Crippen molar-refractivity contribution in [2.45, 2.75) is 77.8 Å². The number of rotatable bonds is 9. The first kappa shape index (κ1) is 48.0. The van der Waals surface area contributed by atoms with Gasteiger partial charge in [0, 0.05) is 73.4 Å². The van der Waals surface area contributed by atoms with Gasteiger partial charge in [0.05, 0.1) is 13.2 Å². The number of fused-ring (bicyclic) bond motifs is 2. The number of carbonyl (C=O) groups is 3. The van der Waals surface area contributed by atoms with Crippen molar-refractivity contribution in [3.05, 3.63) is 129 Å². The van der Waals surface area contributed by atoms with Crippen LogP contribution in [0.1, 0.15) is 94.8 Å². The Hall–Kier alpha value is -5.45. The van der Waals surface area contributed by atoms with Gasteiger partial charge in [0.25, 0.3) is 0 Å². The maximum Gasteiger partial charge on any atom is 0.317 e. The van der Waals surface area contributed by atoms with E-state index in [0.29, 0.717) is 69.0 Å². The Bertz CT molecular complexity index is 2310. The van der Waals surface area contributed by atoms with Crippen LogP contribution in [0.2, 0.25) is 0 Å². The minimum atomic E-state index is -0.885. The van der Waals surface area contributed by atoms with Crippen molar-refractivity contribution in [2.24, 2.45) is 16.6 Å². The summed E-state index contributed by atoms with van der Waals surface area (Å²) in [4.78, 5) is 38.9. The first-order valence-corrected chi connectivity index (χ1v) is 21.6. The summed E-state index contributed by atoms with van der Waals surface area (Å²) in [5.74, 6) is -3.83. The summed E-state index contributed by atoms with van der Waals surface area (Å²) in [5.41, 5.74) is 8.42. The van der Waals surface area contributed by atoms with Gasteiger partial charge in [0.1, 0.15) is 29.9 Å². The lowest BCUT2D eigenvalue weighted by atomic mass is 9.66. The highest BCUT2D eigenvalue weighted by Gasteiger charge is 2.42. The molecule has 2 spiro atoms. The van der Waals surface area contributed by atoms with Crippen LogP contribution in [0.4, 0.5) is 31.1 Å². The SMILES string of the molecule is CCCOc1cc(CN)c(F)cc1F.O=C1CC2(CCN(C(=O)NCc3cc(OCCO)c(F)cc3F)CC2)Cc2ccc(F)cc21.O=C1CC2(CCNCC2)Cc2ccc(F)cc21. The van der Waals surface area contributed by atoms with E-state index in [1.807, 2.05) is 6.92 Å². The lowest BCUT2D eigenvalue weighted by Gasteiger charge is -2.44. The minimum Gasteiger partial charge on any atom is -0.491 e. The molecule has 4 aromatic rings. The Labute approximate surface area is 368 Å². The number of ether oxygens (including phenoxy) is 2. The summed E-state index contributed by atoms with van der Waals surface area (Å²) in [5, 5.41) is 14.8. The number of benzene rings is 4. The van der Waals surface area contributed by atoms with Crippen LogP contribution in [0, 0.1) is 45.7 Å². The molecule has 4 aliphatic rings. The molecule has 2 fully saturated rings. The highest BCUT2D eigenvalue weighted by atomic mass is 19.2. The normalized spacial score (nSPS) is 17.0. The molecule has 16 heteroatoms. The van der Waals surface area contributed by atoms with E-state index in [-0.39, 0.29) is 83.2 Å². The van der Waals surface area contributed by atoms with E-state index in [9.17, 15) is 40.7 Å². The van der Waals surface area contributed by atoms with Gasteiger partial charge in [0.2, 0.25) is 0 Å². The summed E-state index contributed by atoms with van der Waals surface area (Å²) in [6, 6.07) is 12.5. The molecule has 4 aromatic carbocycles. The van der Waals surface area contributed by atoms with Crippen molar-refractivity contribution in [3.63, 3.8) is 0 Å². The van der Waals surface area contributed by atoms with E-state index in [1.165, 1.54) is 36.4 Å². The maximum atomic E-state index is 14.1. The number of nitrogens with one attached hydrogen (secondary N) is 2. The predicted molar refractivity (Wildman–Crippen MR) is 227 cm³/mol. The molecule has 5 N–H and O–H groups in total. The van der Waals surface area contributed by atoms with Gasteiger partial charge in [-0.1, -0.05) is 19.1 Å². The predicted octanol–water partition coefficient (Wildman–Crippen LogP) is 8.13. The molecule has 10 nitrogen and oxygen atoms in total. The molecule has 0 unspecified atom stereocenters.